The van der Waals surface area contributed by atoms with Gasteiger partial charge in [-0.2, -0.15) is 0 Å². The predicted molar refractivity (Wildman–Crippen MR) is 102 cm³/mol. The Balaban J connectivity index is 1.76. The molecule has 0 saturated carbocycles. The number of hydrogen-bond donors (Lipinski definition) is 2. The number of nitrogens with one attached hydrogen (secondary N) is 1. The largest absolute Gasteiger partial charge is 0.507 e. The van der Waals surface area contributed by atoms with E-state index >= 15 is 0 Å². The molecular weight excluding hydrogens is 352 g/mol. The molecule has 1 aliphatic heterocycles. The molecule has 3 aromatic rings. The first-order valence-corrected chi connectivity index (χ1v) is 8.97. The maximum Gasteiger partial charge on any atom is 0.158 e. The van der Waals surface area contributed by atoms with Crippen LogP contribution in [0.2, 0.25) is 5.02 Å². The van der Waals surface area contributed by atoms with Crippen LogP contribution in [0.3, 0.4) is 0 Å². The Morgan fingerprint density at radius 1 is 1.23 bits per heavy atom. The molecule has 7 heteroatoms. The van der Waals surface area contributed by atoms with Gasteiger partial charge in [-0.25, -0.2) is 0 Å². The van der Waals surface area contributed by atoms with Crippen LogP contribution in [0.15, 0.2) is 36.7 Å². The zero-order valence-electron chi connectivity index (χ0n) is 14.3. The third-order valence-electron chi connectivity index (χ3n) is 4.62. The average Bonchev–Trinajstić information content (AvgIpc) is 2.63. The fourth-order valence-electron chi connectivity index (χ4n) is 3.33. The van der Waals surface area contributed by atoms with E-state index in [2.05, 4.69) is 27.4 Å². The second-order valence-corrected chi connectivity index (χ2v) is 6.96. The highest BCUT2D eigenvalue weighted by atomic mass is 35.5. The van der Waals surface area contributed by atoms with Crippen molar-refractivity contribution in [3.8, 4) is 17.0 Å². The molecule has 0 radical (unpaired) electrons. The quantitative estimate of drug-likeness (QED) is 0.724. The van der Waals surface area contributed by atoms with Gasteiger partial charge in [-0.05, 0) is 44.0 Å². The molecule has 1 aromatic carbocycles. The molecule has 2 N–H and O–H groups in total. The van der Waals surface area contributed by atoms with Crippen molar-refractivity contribution < 1.29 is 9.84 Å². The maximum atomic E-state index is 10.3. The second-order valence-electron chi connectivity index (χ2n) is 6.53. The molecule has 6 nitrogen and oxygen atoms in total. The van der Waals surface area contributed by atoms with Crippen LogP contribution < -0.4 is 5.32 Å². The first-order chi connectivity index (χ1) is 12.6. The van der Waals surface area contributed by atoms with Gasteiger partial charge in [0.1, 0.15) is 11.4 Å². The van der Waals surface area contributed by atoms with Gasteiger partial charge in [0.2, 0.25) is 0 Å². The summed E-state index contributed by atoms with van der Waals surface area (Å²) in [7, 11) is 0. The fraction of sp³-hybridized carbons (Fsp3) is 0.316. The number of pyridine rings is 1. The van der Waals surface area contributed by atoms with Crippen LogP contribution >= 0.6 is 11.6 Å². The Bertz CT molecular complexity index is 950. The molecule has 1 fully saturated rings. The standard InChI is InChI=1S/C19H19ClN4O2/c1-11-8-13(5-7-26-11)22-19-16-10-21-6-4-14(16)18(23-24-19)15-3-2-12(20)9-17(15)25/h2-4,6,9-11,13,25H,5,7-8H2,1H3,(H,22,24)/t11-,13+/m0/s1. The van der Waals surface area contributed by atoms with Gasteiger partial charge in [0, 0.05) is 46.4 Å². The highest BCUT2D eigenvalue weighted by molar-refractivity contribution is 6.30. The molecule has 1 saturated heterocycles. The van der Waals surface area contributed by atoms with E-state index in [0.29, 0.717) is 22.1 Å². The summed E-state index contributed by atoms with van der Waals surface area (Å²) in [5.74, 6) is 0.772. The predicted octanol–water partition coefficient (Wildman–Crippen LogP) is 4.03. The zero-order valence-corrected chi connectivity index (χ0v) is 15.1. The van der Waals surface area contributed by atoms with Gasteiger partial charge in [0.15, 0.2) is 5.82 Å². The number of aromatic hydroxyl groups is 1. The number of phenolic OH excluding ortho intramolecular Hbond substituents is 1. The Morgan fingerprint density at radius 2 is 2.12 bits per heavy atom. The second kappa shape index (κ2) is 7.05. The first-order valence-electron chi connectivity index (χ1n) is 8.59. The van der Waals surface area contributed by atoms with Gasteiger partial charge in [0.25, 0.3) is 0 Å². The lowest BCUT2D eigenvalue weighted by Gasteiger charge is -2.28. The lowest BCUT2D eigenvalue weighted by Crippen LogP contribution is -2.32. The summed E-state index contributed by atoms with van der Waals surface area (Å²) in [6.07, 6.45) is 5.55. The van der Waals surface area contributed by atoms with Crippen LogP contribution in [0.4, 0.5) is 5.82 Å². The van der Waals surface area contributed by atoms with Crippen LogP contribution in [0, 0.1) is 0 Å². The molecule has 0 spiro atoms. The van der Waals surface area contributed by atoms with E-state index in [9.17, 15) is 5.11 Å². The third kappa shape index (κ3) is 3.30. The summed E-state index contributed by atoms with van der Waals surface area (Å²) in [4.78, 5) is 4.24. The number of nitrogens with zero attached hydrogens (tertiary/aromatic N) is 3. The van der Waals surface area contributed by atoms with Crippen LogP contribution in [0.1, 0.15) is 19.8 Å². The van der Waals surface area contributed by atoms with Gasteiger partial charge in [0.05, 0.1) is 6.10 Å². The number of aromatic nitrogens is 3. The molecule has 2 aromatic heterocycles. The third-order valence-corrected chi connectivity index (χ3v) is 4.86. The van der Waals surface area contributed by atoms with E-state index in [0.717, 1.165) is 30.2 Å². The average molecular weight is 371 g/mol. The summed E-state index contributed by atoms with van der Waals surface area (Å²) in [5.41, 5.74) is 1.19. The van der Waals surface area contributed by atoms with Crippen molar-refractivity contribution >= 4 is 28.2 Å². The monoisotopic (exact) mass is 370 g/mol. The summed E-state index contributed by atoms with van der Waals surface area (Å²) in [5, 5.41) is 24.7. The lowest BCUT2D eigenvalue weighted by molar-refractivity contribution is 0.0232. The van der Waals surface area contributed by atoms with Crippen molar-refractivity contribution in [3.05, 3.63) is 41.7 Å². The summed E-state index contributed by atoms with van der Waals surface area (Å²) < 4.78 is 5.61. The minimum Gasteiger partial charge on any atom is -0.507 e. The van der Waals surface area contributed by atoms with Crippen LogP contribution in [0.25, 0.3) is 22.0 Å². The maximum absolute atomic E-state index is 10.3. The van der Waals surface area contributed by atoms with Gasteiger partial charge in [-0.1, -0.05) is 11.6 Å². The number of ether oxygens (including phenoxy) is 1. The van der Waals surface area contributed by atoms with Crippen molar-refractivity contribution in [2.75, 3.05) is 11.9 Å². The van der Waals surface area contributed by atoms with E-state index in [1.807, 2.05) is 6.07 Å². The minimum atomic E-state index is 0.0730. The van der Waals surface area contributed by atoms with Gasteiger partial charge in [-0.15, -0.1) is 10.2 Å². The van der Waals surface area contributed by atoms with Crippen molar-refractivity contribution in [1.82, 2.24) is 15.2 Å². The van der Waals surface area contributed by atoms with E-state index in [-0.39, 0.29) is 17.9 Å². The normalized spacial score (nSPS) is 20.2. The molecule has 0 aliphatic carbocycles. The molecule has 0 amide bonds. The van der Waals surface area contributed by atoms with E-state index < -0.39 is 0 Å². The number of rotatable bonds is 3. The van der Waals surface area contributed by atoms with Crippen LogP contribution in [0.5, 0.6) is 5.75 Å². The van der Waals surface area contributed by atoms with E-state index in [4.69, 9.17) is 16.3 Å². The minimum absolute atomic E-state index is 0.0730. The Hall–Kier alpha value is -2.44. The van der Waals surface area contributed by atoms with Gasteiger partial charge >= 0.3 is 0 Å². The van der Waals surface area contributed by atoms with E-state index in [1.165, 1.54) is 6.07 Å². The Labute approximate surface area is 156 Å². The molecule has 1 aliphatic rings. The Morgan fingerprint density at radius 3 is 2.92 bits per heavy atom. The topological polar surface area (TPSA) is 80.2 Å². The molecule has 0 unspecified atom stereocenters. The van der Waals surface area contributed by atoms with Gasteiger partial charge in [-0.3, -0.25) is 4.98 Å². The van der Waals surface area contributed by atoms with Gasteiger partial charge < -0.3 is 15.2 Å². The first kappa shape index (κ1) is 17.0. The molecule has 134 valence electrons. The lowest BCUT2D eigenvalue weighted by atomic mass is 10.0. The number of phenols is 1. The van der Waals surface area contributed by atoms with Crippen molar-refractivity contribution in [3.63, 3.8) is 0 Å². The molecular formula is C19H19ClN4O2. The molecule has 4 rings (SSSR count). The molecule has 0 bridgehead atoms. The highest BCUT2D eigenvalue weighted by Crippen LogP contribution is 2.35. The molecule has 2 atom stereocenters. The van der Waals surface area contributed by atoms with Crippen molar-refractivity contribution in [2.24, 2.45) is 0 Å². The summed E-state index contributed by atoms with van der Waals surface area (Å²) >= 11 is 5.94. The van der Waals surface area contributed by atoms with Crippen molar-refractivity contribution in [1.29, 1.82) is 0 Å². The van der Waals surface area contributed by atoms with Crippen LogP contribution in [-0.2, 0) is 4.74 Å². The zero-order chi connectivity index (χ0) is 18.1. The smallest absolute Gasteiger partial charge is 0.158 e. The number of halogens is 1. The number of hydrogen-bond acceptors (Lipinski definition) is 6. The number of anilines is 1. The fourth-order valence-corrected chi connectivity index (χ4v) is 3.50. The SMILES string of the molecule is C[C@H]1C[C@H](Nc2nnc(-c3ccc(Cl)cc3O)c3ccncc23)CCO1. The highest BCUT2D eigenvalue weighted by Gasteiger charge is 2.21. The number of benzene rings is 1. The molecule has 26 heavy (non-hydrogen) atoms. The summed E-state index contributed by atoms with van der Waals surface area (Å²) in [6, 6.07) is 7.13. The van der Waals surface area contributed by atoms with Crippen molar-refractivity contribution in [2.45, 2.75) is 31.9 Å². The molecule has 3 heterocycles. The summed E-state index contributed by atoms with van der Waals surface area (Å²) in [6.45, 7) is 2.81. The Kier molecular flexibility index (Phi) is 4.61. The van der Waals surface area contributed by atoms with E-state index in [1.54, 1.807) is 24.5 Å². The van der Waals surface area contributed by atoms with Crippen LogP contribution in [-0.4, -0.2) is 39.0 Å². The number of fused-ring (bicyclic) bond motifs is 1.